The van der Waals surface area contributed by atoms with Crippen molar-refractivity contribution < 1.29 is 0 Å². The molecular weight excluding hydrogens is 162 g/mol. The maximum atomic E-state index is 5.75. The van der Waals surface area contributed by atoms with E-state index < -0.39 is 0 Å². The van der Waals surface area contributed by atoms with Gasteiger partial charge in [0.1, 0.15) is 11.0 Å². The molecule has 62 valence electrons. The van der Waals surface area contributed by atoms with E-state index in [0.717, 1.165) is 24.5 Å². The second-order valence-electron chi connectivity index (χ2n) is 2.45. The Labute approximate surface area is 71.2 Å². The Hall–Kier alpha value is -0.540. The Morgan fingerprint density at radius 3 is 2.82 bits per heavy atom. The van der Waals surface area contributed by atoms with Gasteiger partial charge in [-0.2, -0.15) is 0 Å². The molecule has 0 aliphatic carbocycles. The highest BCUT2D eigenvalue weighted by Gasteiger charge is 2.01. The highest BCUT2D eigenvalue weighted by Crippen LogP contribution is 2.10. The van der Waals surface area contributed by atoms with Gasteiger partial charge in [0.2, 0.25) is 0 Å². The van der Waals surface area contributed by atoms with E-state index in [1.165, 1.54) is 0 Å². The average Bonchev–Trinajstić information content (AvgIpc) is 2.28. The van der Waals surface area contributed by atoms with Crippen molar-refractivity contribution in [1.82, 2.24) is 15.3 Å². The van der Waals surface area contributed by atoms with Crippen LogP contribution in [-0.4, -0.2) is 23.6 Å². The van der Waals surface area contributed by atoms with Crippen LogP contribution in [0.5, 0.6) is 0 Å². The molecule has 3 nitrogen and oxygen atoms in total. The molecule has 1 rings (SSSR count). The number of aryl methyl sites for hydroxylation is 1. The van der Waals surface area contributed by atoms with E-state index in [9.17, 15) is 0 Å². The summed E-state index contributed by atoms with van der Waals surface area (Å²) in [6.45, 7) is 2.83. The first kappa shape index (κ1) is 8.56. The summed E-state index contributed by atoms with van der Waals surface area (Å²) < 4.78 is 0. The summed E-state index contributed by atoms with van der Waals surface area (Å²) in [6, 6.07) is 0. The quantitative estimate of drug-likeness (QED) is 0.720. The number of aromatic amines is 1. The van der Waals surface area contributed by atoms with Crippen molar-refractivity contribution in [2.75, 3.05) is 13.6 Å². The Kier molecular flexibility index (Phi) is 2.91. The van der Waals surface area contributed by atoms with E-state index in [1.807, 2.05) is 14.0 Å². The largest absolute Gasteiger partial charge is 0.345 e. The normalized spacial score (nSPS) is 10.5. The number of hydrogen-bond acceptors (Lipinski definition) is 2. The molecular formula is C7H12ClN3. The second kappa shape index (κ2) is 3.74. The van der Waals surface area contributed by atoms with Gasteiger partial charge >= 0.3 is 0 Å². The molecule has 0 saturated heterocycles. The number of H-pyrrole nitrogens is 1. The molecule has 11 heavy (non-hydrogen) atoms. The molecule has 1 heterocycles. The highest BCUT2D eigenvalue weighted by atomic mass is 35.5. The van der Waals surface area contributed by atoms with Crippen molar-refractivity contribution in [3.05, 3.63) is 16.7 Å². The molecule has 0 aliphatic heterocycles. The summed E-state index contributed by atoms with van der Waals surface area (Å²) >= 11 is 5.75. The van der Waals surface area contributed by atoms with Gasteiger partial charge in [-0.25, -0.2) is 4.98 Å². The van der Waals surface area contributed by atoms with Crippen LogP contribution in [0.25, 0.3) is 0 Å². The molecule has 1 aromatic heterocycles. The number of nitrogens with one attached hydrogen (secondary N) is 2. The molecule has 1 aromatic rings. The van der Waals surface area contributed by atoms with E-state index in [2.05, 4.69) is 15.3 Å². The van der Waals surface area contributed by atoms with E-state index in [1.54, 1.807) is 0 Å². The van der Waals surface area contributed by atoms with Crippen LogP contribution in [0.4, 0.5) is 0 Å². The monoisotopic (exact) mass is 173 g/mol. The molecule has 0 atom stereocenters. The third kappa shape index (κ3) is 2.20. The van der Waals surface area contributed by atoms with Crippen LogP contribution in [0.1, 0.15) is 11.5 Å². The maximum absolute atomic E-state index is 5.75. The fourth-order valence-corrected chi connectivity index (χ4v) is 1.01. The predicted octanol–water partition coefficient (Wildman–Crippen LogP) is 1.13. The summed E-state index contributed by atoms with van der Waals surface area (Å²) in [4.78, 5) is 7.21. The Balaban J connectivity index is 2.58. The SMILES string of the molecule is CNCCc1nc(Cl)c(C)[nH]1. The molecule has 4 heteroatoms. The summed E-state index contributed by atoms with van der Waals surface area (Å²) in [5, 5.41) is 3.62. The first-order valence-corrected chi connectivity index (χ1v) is 3.97. The van der Waals surface area contributed by atoms with Gasteiger partial charge in [0.05, 0.1) is 5.69 Å². The van der Waals surface area contributed by atoms with Gasteiger partial charge in [-0.15, -0.1) is 0 Å². The first-order chi connectivity index (χ1) is 5.24. The van der Waals surface area contributed by atoms with E-state index in [4.69, 9.17) is 11.6 Å². The van der Waals surface area contributed by atoms with Crippen molar-refractivity contribution in [1.29, 1.82) is 0 Å². The molecule has 0 radical (unpaired) electrons. The van der Waals surface area contributed by atoms with E-state index in [-0.39, 0.29) is 0 Å². The summed E-state index contributed by atoms with van der Waals surface area (Å²) in [5.41, 5.74) is 0.942. The van der Waals surface area contributed by atoms with Gasteiger partial charge in [0.25, 0.3) is 0 Å². The zero-order valence-electron chi connectivity index (χ0n) is 6.74. The molecule has 0 amide bonds. The molecule has 0 fully saturated rings. The van der Waals surface area contributed by atoms with Crippen molar-refractivity contribution in [3.63, 3.8) is 0 Å². The lowest BCUT2D eigenvalue weighted by atomic mass is 10.4. The minimum Gasteiger partial charge on any atom is -0.345 e. The first-order valence-electron chi connectivity index (χ1n) is 3.59. The number of rotatable bonds is 3. The number of halogens is 1. The van der Waals surface area contributed by atoms with Gasteiger partial charge in [-0.05, 0) is 14.0 Å². The minimum absolute atomic E-state index is 0.580. The number of nitrogens with zero attached hydrogens (tertiary/aromatic N) is 1. The third-order valence-corrected chi connectivity index (χ3v) is 1.85. The van der Waals surface area contributed by atoms with Crippen LogP contribution in [0, 0.1) is 6.92 Å². The topological polar surface area (TPSA) is 40.7 Å². The molecule has 0 aliphatic rings. The second-order valence-corrected chi connectivity index (χ2v) is 2.81. The van der Waals surface area contributed by atoms with E-state index >= 15 is 0 Å². The van der Waals surface area contributed by atoms with E-state index in [0.29, 0.717) is 5.15 Å². The Morgan fingerprint density at radius 2 is 2.36 bits per heavy atom. The average molecular weight is 174 g/mol. The summed E-state index contributed by atoms with van der Waals surface area (Å²) in [6.07, 6.45) is 0.893. The Bertz CT molecular complexity index is 212. The summed E-state index contributed by atoms with van der Waals surface area (Å²) in [7, 11) is 1.91. The van der Waals surface area contributed by atoms with Crippen molar-refractivity contribution in [3.8, 4) is 0 Å². The van der Waals surface area contributed by atoms with Gasteiger partial charge < -0.3 is 10.3 Å². The number of hydrogen-bond donors (Lipinski definition) is 2. The number of likely N-dealkylation sites (N-methyl/N-ethyl adjacent to an activating group) is 1. The van der Waals surface area contributed by atoms with Crippen molar-refractivity contribution in [2.24, 2.45) is 0 Å². The maximum Gasteiger partial charge on any atom is 0.150 e. The predicted molar refractivity (Wildman–Crippen MR) is 46.0 cm³/mol. The van der Waals surface area contributed by atoms with Crippen LogP contribution < -0.4 is 5.32 Å². The van der Waals surface area contributed by atoms with Gasteiger partial charge in [0, 0.05) is 13.0 Å². The van der Waals surface area contributed by atoms with Crippen molar-refractivity contribution in [2.45, 2.75) is 13.3 Å². The number of aromatic nitrogens is 2. The van der Waals surface area contributed by atoms with Crippen LogP contribution in [0.2, 0.25) is 5.15 Å². The Morgan fingerprint density at radius 1 is 1.64 bits per heavy atom. The van der Waals surface area contributed by atoms with Crippen LogP contribution >= 0.6 is 11.6 Å². The summed E-state index contributed by atoms with van der Waals surface area (Å²) in [5.74, 6) is 0.946. The smallest absolute Gasteiger partial charge is 0.150 e. The third-order valence-electron chi connectivity index (χ3n) is 1.49. The van der Waals surface area contributed by atoms with Gasteiger partial charge in [0.15, 0.2) is 0 Å². The van der Waals surface area contributed by atoms with Crippen LogP contribution in [-0.2, 0) is 6.42 Å². The number of imidazole rings is 1. The van der Waals surface area contributed by atoms with Gasteiger partial charge in [-0.1, -0.05) is 11.6 Å². The zero-order valence-corrected chi connectivity index (χ0v) is 7.50. The molecule has 0 unspecified atom stereocenters. The molecule has 0 aromatic carbocycles. The van der Waals surface area contributed by atoms with Crippen LogP contribution in [0.15, 0.2) is 0 Å². The van der Waals surface area contributed by atoms with Crippen LogP contribution in [0.3, 0.4) is 0 Å². The lowest BCUT2D eigenvalue weighted by Gasteiger charge is -1.93. The van der Waals surface area contributed by atoms with Gasteiger partial charge in [-0.3, -0.25) is 0 Å². The molecule has 0 bridgehead atoms. The molecule has 0 spiro atoms. The van der Waals surface area contributed by atoms with Crippen molar-refractivity contribution >= 4 is 11.6 Å². The zero-order chi connectivity index (χ0) is 8.27. The lowest BCUT2D eigenvalue weighted by molar-refractivity contribution is 0.763. The minimum atomic E-state index is 0.580. The molecule has 0 saturated carbocycles. The fourth-order valence-electron chi connectivity index (χ4n) is 0.860. The standard InChI is InChI=1S/C7H12ClN3/c1-5-7(8)11-6(10-5)3-4-9-2/h9H,3-4H2,1-2H3,(H,10,11). The molecule has 2 N–H and O–H groups in total. The fraction of sp³-hybridized carbons (Fsp3) is 0.571. The highest BCUT2D eigenvalue weighted by molar-refractivity contribution is 6.30. The lowest BCUT2D eigenvalue weighted by Crippen LogP contribution is -2.11.